The van der Waals surface area contributed by atoms with Crippen LogP contribution in [0.5, 0.6) is 5.75 Å². The summed E-state index contributed by atoms with van der Waals surface area (Å²) in [5.41, 5.74) is 9.23. The zero-order valence-electron chi connectivity index (χ0n) is 12.9. The minimum Gasteiger partial charge on any atom is -0.496 e. The lowest BCUT2D eigenvalue weighted by Crippen LogP contribution is -2.14. The standard InChI is InChI=1S/C18H17ClN2O2/c1-10-12(4-3-5-16(10)23-2)17-14-8-11(19)6-7-13(14)18(22)21-15(17)9-20/h3-8H,9,20H2,1-2H3,(H,21,22). The van der Waals surface area contributed by atoms with Crippen molar-refractivity contribution in [2.45, 2.75) is 13.5 Å². The zero-order chi connectivity index (χ0) is 16.6. The van der Waals surface area contributed by atoms with Gasteiger partial charge in [-0.3, -0.25) is 4.79 Å². The van der Waals surface area contributed by atoms with Gasteiger partial charge in [-0.15, -0.1) is 0 Å². The number of fused-ring (bicyclic) bond motifs is 1. The highest BCUT2D eigenvalue weighted by atomic mass is 35.5. The molecule has 23 heavy (non-hydrogen) atoms. The summed E-state index contributed by atoms with van der Waals surface area (Å²) in [7, 11) is 1.64. The Bertz CT molecular complexity index is 948. The minimum atomic E-state index is -0.165. The van der Waals surface area contributed by atoms with E-state index in [1.807, 2.05) is 25.1 Å². The maximum Gasteiger partial charge on any atom is 0.256 e. The summed E-state index contributed by atoms with van der Waals surface area (Å²) >= 11 is 6.16. The first-order chi connectivity index (χ1) is 11.1. The van der Waals surface area contributed by atoms with Crippen LogP contribution in [0.25, 0.3) is 21.9 Å². The summed E-state index contributed by atoms with van der Waals surface area (Å²) in [5.74, 6) is 0.784. The largest absolute Gasteiger partial charge is 0.496 e. The van der Waals surface area contributed by atoms with E-state index in [1.165, 1.54) is 0 Å². The lowest BCUT2D eigenvalue weighted by molar-refractivity contribution is 0.412. The predicted molar refractivity (Wildman–Crippen MR) is 94.2 cm³/mol. The summed E-state index contributed by atoms with van der Waals surface area (Å²) in [6, 6.07) is 11.1. The Balaban J connectivity index is 2.47. The van der Waals surface area contributed by atoms with Gasteiger partial charge in [0.25, 0.3) is 5.56 Å². The number of rotatable bonds is 3. The summed E-state index contributed by atoms with van der Waals surface area (Å²) in [5, 5.41) is 1.95. The fraction of sp³-hybridized carbons (Fsp3) is 0.167. The topological polar surface area (TPSA) is 68.1 Å². The van der Waals surface area contributed by atoms with Gasteiger partial charge >= 0.3 is 0 Å². The monoisotopic (exact) mass is 328 g/mol. The third-order valence-electron chi connectivity index (χ3n) is 4.04. The van der Waals surface area contributed by atoms with Gasteiger partial charge in [-0.2, -0.15) is 0 Å². The Labute approximate surface area is 138 Å². The second-order valence-corrected chi connectivity index (χ2v) is 5.77. The van der Waals surface area contributed by atoms with E-state index >= 15 is 0 Å². The van der Waals surface area contributed by atoms with Gasteiger partial charge in [0.15, 0.2) is 0 Å². The van der Waals surface area contributed by atoms with Crippen molar-refractivity contribution in [1.29, 1.82) is 0 Å². The van der Waals surface area contributed by atoms with Gasteiger partial charge in [-0.05, 0) is 47.7 Å². The Morgan fingerprint density at radius 3 is 2.70 bits per heavy atom. The zero-order valence-corrected chi connectivity index (χ0v) is 13.7. The average molecular weight is 329 g/mol. The van der Waals surface area contributed by atoms with Crippen molar-refractivity contribution >= 4 is 22.4 Å². The maximum atomic E-state index is 12.3. The second kappa shape index (κ2) is 6.07. The smallest absolute Gasteiger partial charge is 0.256 e. The van der Waals surface area contributed by atoms with Crippen molar-refractivity contribution in [3.8, 4) is 16.9 Å². The number of methoxy groups -OCH3 is 1. The first-order valence-electron chi connectivity index (χ1n) is 7.25. The number of nitrogens with two attached hydrogens (primary N) is 1. The SMILES string of the molecule is COc1cccc(-c2c(CN)[nH]c(=O)c3ccc(Cl)cc23)c1C. The number of H-pyrrole nitrogens is 1. The number of aromatic nitrogens is 1. The van der Waals surface area contributed by atoms with Crippen LogP contribution < -0.4 is 16.0 Å². The van der Waals surface area contributed by atoms with E-state index in [1.54, 1.807) is 25.3 Å². The van der Waals surface area contributed by atoms with E-state index in [-0.39, 0.29) is 12.1 Å². The van der Waals surface area contributed by atoms with Gasteiger partial charge in [-0.25, -0.2) is 0 Å². The quantitative estimate of drug-likeness (QED) is 0.771. The molecule has 3 N–H and O–H groups in total. The normalized spacial score (nSPS) is 11.0. The molecule has 0 atom stereocenters. The molecule has 0 unspecified atom stereocenters. The lowest BCUT2D eigenvalue weighted by atomic mass is 9.93. The van der Waals surface area contributed by atoms with Crippen molar-refractivity contribution in [1.82, 2.24) is 4.98 Å². The van der Waals surface area contributed by atoms with Gasteiger partial charge in [0, 0.05) is 28.2 Å². The molecule has 0 spiro atoms. The predicted octanol–water partition coefficient (Wildman–Crippen LogP) is 3.62. The maximum absolute atomic E-state index is 12.3. The molecule has 0 fully saturated rings. The molecule has 4 nitrogen and oxygen atoms in total. The van der Waals surface area contributed by atoms with Crippen molar-refractivity contribution in [3.05, 3.63) is 63.0 Å². The molecule has 0 saturated carbocycles. The molecule has 118 valence electrons. The molecule has 1 heterocycles. The number of pyridine rings is 1. The Morgan fingerprint density at radius 1 is 1.22 bits per heavy atom. The van der Waals surface area contributed by atoms with Crippen LogP contribution in [0.2, 0.25) is 5.02 Å². The average Bonchev–Trinajstić information content (AvgIpc) is 2.55. The van der Waals surface area contributed by atoms with Crippen LogP contribution in [-0.4, -0.2) is 12.1 Å². The number of halogens is 1. The molecule has 0 aliphatic heterocycles. The summed E-state index contributed by atoms with van der Waals surface area (Å²) in [4.78, 5) is 15.2. The third kappa shape index (κ3) is 2.60. The van der Waals surface area contributed by atoms with Crippen molar-refractivity contribution in [2.24, 2.45) is 5.73 Å². The Hall–Kier alpha value is -2.30. The molecule has 0 bridgehead atoms. The Morgan fingerprint density at radius 2 is 2.00 bits per heavy atom. The summed E-state index contributed by atoms with van der Waals surface area (Å²) in [6.07, 6.45) is 0. The molecular formula is C18H17ClN2O2. The molecule has 3 aromatic rings. The van der Waals surface area contributed by atoms with E-state index in [9.17, 15) is 4.79 Å². The second-order valence-electron chi connectivity index (χ2n) is 5.33. The van der Waals surface area contributed by atoms with E-state index in [2.05, 4.69) is 4.98 Å². The van der Waals surface area contributed by atoms with Gasteiger partial charge in [0.05, 0.1) is 7.11 Å². The number of nitrogens with one attached hydrogen (secondary N) is 1. The molecule has 3 rings (SSSR count). The van der Waals surface area contributed by atoms with Crippen LogP contribution in [0.15, 0.2) is 41.2 Å². The van der Waals surface area contributed by atoms with Crippen LogP contribution in [-0.2, 0) is 6.54 Å². The van der Waals surface area contributed by atoms with Crippen LogP contribution >= 0.6 is 11.6 Å². The van der Waals surface area contributed by atoms with Crippen molar-refractivity contribution in [3.63, 3.8) is 0 Å². The van der Waals surface area contributed by atoms with Gasteiger partial charge < -0.3 is 15.5 Å². The summed E-state index contributed by atoms with van der Waals surface area (Å²) in [6.45, 7) is 2.21. The summed E-state index contributed by atoms with van der Waals surface area (Å²) < 4.78 is 5.41. The molecule has 0 saturated heterocycles. The van der Waals surface area contributed by atoms with Crippen LogP contribution in [0.1, 0.15) is 11.3 Å². The van der Waals surface area contributed by atoms with Crippen molar-refractivity contribution < 1.29 is 4.74 Å². The fourth-order valence-electron chi connectivity index (χ4n) is 2.92. The third-order valence-corrected chi connectivity index (χ3v) is 4.27. The van der Waals surface area contributed by atoms with Crippen LogP contribution in [0, 0.1) is 6.92 Å². The molecular weight excluding hydrogens is 312 g/mol. The highest BCUT2D eigenvalue weighted by Gasteiger charge is 2.16. The van der Waals surface area contributed by atoms with Crippen LogP contribution in [0.4, 0.5) is 0 Å². The first-order valence-corrected chi connectivity index (χ1v) is 7.63. The number of hydrogen-bond acceptors (Lipinski definition) is 3. The number of benzene rings is 2. The fourth-order valence-corrected chi connectivity index (χ4v) is 3.09. The number of ether oxygens (including phenoxy) is 1. The molecule has 2 aromatic carbocycles. The molecule has 0 amide bonds. The molecule has 0 aliphatic rings. The van der Waals surface area contributed by atoms with Gasteiger partial charge in [0.2, 0.25) is 0 Å². The number of hydrogen-bond donors (Lipinski definition) is 2. The van der Waals surface area contributed by atoms with Crippen molar-refractivity contribution in [2.75, 3.05) is 7.11 Å². The van der Waals surface area contributed by atoms with Crippen LogP contribution in [0.3, 0.4) is 0 Å². The lowest BCUT2D eigenvalue weighted by Gasteiger charge is -2.16. The molecule has 5 heteroatoms. The van der Waals surface area contributed by atoms with Gasteiger partial charge in [0.1, 0.15) is 5.75 Å². The highest BCUT2D eigenvalue weighted by Crippen LogP contribution is 2.36. The van der Waals surface area contributed by atoms with E-state index in [0.717, 1.165) is 27.8 Å². The highest BCUT2D eigenvalue weighted by molar-refractivity contribution is 6.31. The first kappa shape index (κ1) is 15.6. The van der Waals surface area contributed by atoms with Gasteiger partial charge in [-0.1, -0.05) is 23.7 Å². The van der Waals surface area contributed by atoms with E-state index in [4.69, 9.17) is 22.1 Å². The molecule has 1 aromatic heterocycles. The minimum absolute atomic E-state index is 0.165. The molecule has 0 aliphatic carbocycles. The number of aromatic amines is 1. The Kier molecular flexibility index (Phi) is 4.11. The van der Waals surface area contributed by atoms with E-state index < -0.39 is 0 Å². The van der Waals surface area contributed by atoms with E-state index in [0.29, 0.717) is 16.1 Å². The molecule has 0 radical (unpaired) electrons.